The molecule has 2 aliphatic heterocycles. The number of aromatic amines is 1. The van der Waals surface area contributed by atoms with Crippen molar-refractivity contribution in [2.75, 3.05) is 38.0 Å². The van der Waals surface area contributed by atoms with Gasteiger partial charge in [0.15, 0.2) is 0 Å². The minimum atomic E-state index is -0.420. The second kappa shape index (κ2) is 9.19. The maximum Gasteiger partial charge on any atom is 0.256 e. The molecule has 3 heterocycles. The Bertz CT molecular complexity index is 1100. The number of nitrogens with one attached hydrogen (secondary N) is 2. The minimum absolute atomic E-state index is 0.0353. The van der Waals surface area contributed by atoms with Gasteiger partial charge >= 0.3 is 0 Å². The molecule has 0 fully saturated rings. The summed E-state index contributed by atoms with van der Waals surface area (Å²) < 4.78 is 14.5. The summed E-state index contributed by atoms with van der Waals surface area (Å²) in [5.41, 5.74) is 4.60. The normalized spacial score (nSPS) is 17.1. The largest absolute Gasteiger partial charge is 0.358 e. The summed E-state index contributed by atoms with van der Waals surface area (Å²) in [5, 5.41) is 2.79. The molecule has 6 nitrogen and oxygen atoms in total. The van der Waals surface area contributed by atoms with Crippen LogP contribution < -0.4 is 5.32 Å². The lowest BCUT2D eigenvalue weighted by Gasteiger charge is -2.25. The number of carbonyl (C=O) groups excluding carboxylic acids is 2. The molecular weight excluding hydrogens is 475 g/mol. The first-order valence-electron chi connectivity index (χ1n) is 11.1. The Labute approximate surface area is 196 Å². The monoisotopic (exact) mass is 502 g/mol. The quantitative estimate of drug-likeness (QED) is 0.573. The molecule has 2 amide bonds. The number of benzene rings is 1. The zero-order valence-corrected chi connectivity index (χ0v) is 20.2. The smallest absolute Gasteiger partial charge is 0.256 e. The highest BCUT2D eigenvalue weighted by Crippen LogP contribution is 2.39. The number of halogens is 2. The third-order valence-corrected chi connectivity index (χ3v) is 7.05. The van der Waals surface area contributed by atoms with E-state index in [2.05, 4.69) is 45.0 Å². The van der Waals surface area contributed by atoms with E-state index in [1.165, 1.54) is 12.1 Å². The Balaban J connectivity index is 1.67. The standard InChI is InChI=1S/C24H28BrFN4O2/c1-4-29(5-2)9-10-30-8-6-7-19-21(24(30)32)14(3)20(27-19)13-17-16-11-15(26)12-18(25)22(16)28-23(17)31/h11-13,27H,4-10H2,1-3H3,(H,28,31)/b17-13-. The minimum Gasteiger partial charge on any atom is -0.358 e. The third kappa shape index (κ3) is 4.13. The van der Waals surface area contributed by atoms with Crippen LogP contribution in [0.2, 0.25) is 0 Å². The van der Waals surface area contributed by atoms with Gasteiger partial charge in [0, 0.05) is 41.1 Å². The van der Waals surface area contributed by atoms with Gasteiger partial charge in [0.1, 0.15) is 5.82 Å². The molecule has 170 valence electrons. The molecule has 0 saturated heterocycles. The van der Waals surface area contributed by atoms with E-state index in [0.29, 0.717) is 39.1 Å². The van der Waals surface area contributed by atoms with Gasteiger partial charge < -0.3 is 20.1 Å². The Kier molecular flexibility index (Phi) is 6.53. The number of aromatic nitrogens is 1. The van der Waals surface area contributed by atoms with Crippen LogP contribution in [0.3, 0.4) is 0 Å². The number of likely N-dealkylation sites (N-methyl/N-ethyl adjacent to an activating group) is 1. The fourth-order valence-corrected chi connectivity index (χ4v) is 5.06. The number of anilines is 1. The topological polar surface area (TPSA) is 68.4 Å². The zero-order valence-electron chi connectivity index (χ0n) is 18.6. The first-order valence-corrected chi connectivity index (χ1v) is 11.9. The van der Waals surface area contributed by atoms with Crippen LogP contribution in [-0.2, 0) is 11.2 Å². The summed E-state index contributed by atoms with van der Waals surface area (Å²) >= 11 is 3.31. The van der Waals surface area contributed by atoms with Crippen LogP contribution >= 0.6 is 15.9 Å². The molecule has 1 aromatic heterocycles. The van der Waals surface area contributed by atoms with Crippen molar-refractivity contribution < 1.29 is 14.0 Å². The fourth-order valence-electron chi connectivity index (χ4n) is 4.53. The van der Waals surface area contributed by atoms with Crippen LogP contribution in [0.5, 0.6) is 0 Å². The van der Waals surface area contributed by atoms with E-state index < -0.39 is 5.82 Å². The van der Waals surface area contributed by atoms with Crippen molar-refractivity contribution in [3.05, 3.63) is 50.5 Å². The van der Waals surface area contributed by atoms with Gasteiger partial charge in [0.25, 0.3) is 11.8 Å². The van der Waals surface area contributed by atoms with Gasteiger partial charge in [0.05, 0.1) is 16.8 Å². The van der Waals surface area contributed by atoms with Crippen molar-refractivity contribution in [3.8, 4) is 0 Å². The Morgan fingerprint density at radius 1 is 1.25 bits per heavy atom. The number of amides is 2. The highest BCUT2D eigenvalue weighted by atomic mass is 79.9. The predicted molar refractivity (Wildman–Crippen MR) is 128 cm³/mol. The van der Waals surface area contributed by atoms with Crippen LogP contribution in [-0.4, -0.2) is 59.3 Å². The number of hydrogen-bond acceptors (Lipinski definition) is 3. The molecule has 0 atom stereocenters. The Morgan fingerprint density at radius 2 is 2.00 bits per heavy atom. The summed E-state index contributed by atoms with van der Waals surface area (Å²) in [6.45, 7) is 10.4. The van der Waals surface area contributed by atoms with Crippen molar-refractivity contribution >= 4 is 45.1 Å². The summed E-state index contributed by atoms with van der Waals surface area (Å²) in [5.74, 6) is -0.674. The van der Waals surface area contributed by atoms with Crippen molar-refractivity contribution in [1.29, 1.82) is 0 Å². The zero-order chi connectivity index (χ0) is 23.0. The van der Waals surface area contributed by atoms with Gasteiger partial charge in [-0.15, -0.1) is 0 Å². The van der Waals surface area contributed by atoms with E-state index in [-0.39, 0.29) is 11.8 Å². The van der Waals surface area contributed by atoms with Crippen molar-refractivity contribution in [2.45, 2.75) is 33.6 Å². The molecule has 2 N–H and O–H groups in total. The van der Waals surface area contributed by atoms with E-state index >= 15 is 0 Å². The number of nitrogens with zero attached hydrogens (tertiary/aromatic N) is 2. The lowest BCUT2D eigenvalue weighted by atomic mass is 10.0. The van der Waals surface area contributed by atoms with Gasteiger partial charge in [0.2, 0.25) is 0 Å². The maximum atomic E-state index is 14.0. The average Bonchev–Trinajstić information content (AvgIpc) is 3.18. The van der Waals surface area contributed by atoms with E-state index in [1.807, 2.05) is 11.8 Å². The van der Waals surface area contributed by atoms with E-state index in [1.54, 1.807) is 6.08 Å². The first kappa shape index (κ1) is 22.7. The number of rotatable bonds is 6. The van der Waals surface area contributed by atoms with E-state index in [9.17, 15) is 14.0 Å². The van der Waals surface area contributed by atoms with Gasteiger partial charge in [-0.25, -0.2) is 4.39 Å². The highest BCUT2D eigenvalue weighted by Gasteiger charge is 2.30. The Morgan fingerprint density at radius 3 is 2.72 bits per heavy atom. The molecule has 0 unspecified atom stereocenters. The molecule has 0 spiro atoms. The molecule has 2 aliphatic rings. The highest BCUT2D eigenvalue weighted by molar-refractivity contribution is 9.10. The second-order valence-electron chi connectivity index (χ2n) is 8.26. The fraction of sp³-hybridized carbons (Fsp3) is 0.417. The van der Waals surface area contributed by atoms with Crippen molar-refractivity contribution in [1.82, 2.24) is 14.8 Å². The van der Waals surface area contributed by atoms with E-state index in [0.717, 1.165) is 50.3 Å². The molecule has 4 rings (SSSR count). The lowest BCUT2D eigenvalue weighted by Crippen LogP contribution is -2.38. The van der Waals surface area contributed by atoms with Crippen LogP contribution in [0.1, 0.15) is 53.1 Å². The number of H-pyrrole nitrogens is 1. The van der Waals surface area contributed by atoms with Gasteiger partial charge in [-0.3, -0.25) is 9.59 Å². The van der Waals surface area contributed by atoms with Gasteiger partial charge in [-0.2, -0.15) is 0 Å². The second-order valence-corrected chi connectivity index (χ2v) is 9.12. The van der Waals surface area contributed by atoms with Gasteiger partial charge in [-0.05, 0) is 72.6 Å². The molecule has 0 radical (unpaired) electrons. The molecule has 32 heavy (non-hydrogen) atoms. The molecule has 2 aromatic rings. The van der Waals surface area contributed by atoms with Crippen LogP contribution in [0.4, 0.5) is 10.1 Å². The first-order chi connectivity index (χ1) is 15.3. The lowest BCUT2D eigenvalue weighted by molar-refractivity contribution is -0.110. The van der Waals surface area contributed by atoms with Crippen LogP contribution in [0, 0.1) is 12.7 Å². The number of hydrogen-bond donors (Lipinski definition) is 2. The molecule has 8 heteroatoms. The average molecular weight is 503 g/mol. The molecule has 1 aromatic carbocycles. The van der Waals surface area contributed by atoms with Crippen LogP contribution in [0.25, 0.3) is 11.6 Å². The number of aryl methyl sites for hydroxylation is 1. The summed E-state index contributed by atoms with van der Waals surface area (Å²) in [6, 6.07) is 2.68. The van der Waals surface area contributed by atoms with Crippen molar-refractivity contribution in [2.24, 2.45) is 0 Å². The van der Waals surface area contributed by atoms with Gasteiger partial charge in [-0.1, -0.05) is 13.8 Å². The SMILES string of the molecule is CCN(CC)CCN1CCCc2[nH]c(/C=C3\C(=O)Nc4c(Br)cc(F)cc43)c(C)c2C1=O. The summed E-state index contributed by atoms with van der Waals surface area (Å²) in [7, 11) is 0. The maximum absolute atomic E-state index is 14.0. The Hall–Kier alpha value is -2.45. The number of fused-ring (bicyclic) bond motifs is 2. The van der Waals surface area contributed by atoms with Crippen molar-refractivity contribution in [3.63, 3.8) is 0 Å². The number of carbonyl (C=O) groups is 2. The molecule has 0 bridgehead atoms. The predicted octanol–water partition coefficient (Wildman–Crippen LogP) is 4.45. The third-order valence-electron chi connectivity index (χ3n) is 6.42. The van der Waals surface area contributed by atoms with Crippen LogP contribution in [0.15, 0.2) is 16.6 Å². The molecular formula is C24H28BrFN4O2. The molecule has 0 aliphatic carbocycles. The molecule has 0 saturated carbocycles. The summed E-state index contributed by atoms with van der Waals surface area (Å²) in [6.07, 6.45) is 3.38. The van der Waals surface area contributed by atoms with E-state index in [4.69, 9.17) is 0 Å². The summed E-state index contributed by atoms with van der Waals surface area (Å²) in [4.78, 5) is 33.6.